The van der Waals surface area contributed by atoms with Gasteiger partial charge in [-0.15, -0.1) is 0 Å². The number of ether oxygens (including phenoxy) is 1. The third-order valence-electron chi connectivity index (χ3n) is 18.8. The zero-order chi connectivity index (χ0) is 62.0. The lowest BCUT2D eigenvalue weighted by Crippen LogP contribution is -2.52. The first-order chi connectivity index (χ1) is 44.3. The first-order valence-electron chi connectivity index (χ1n) is 32.0. The fraction of sp³-hybridized carbons (Fsp3) is 0.267. The average Bonchev–Trinajstić information content (AvgIpc) is 1.61. The number of rotatable bonds is 9. The van der Waals surface area contributed by atoms with Crippen molar-refractivity contribution in [1.82, 2.24) is 34.4 Å². The molecule has 2 saturated heterocycles. The van der Waals surface area contributed by atoms with Gasteiger partial charge in [0.2, 0.25) is 11.8 Å². The van der Waals surface area contributed by atoms with Crippen LogP contribution in [0.15, 0.2) is 182 Å². The Morgan fingerprint density at radius 2 is 0.956 bits per heavy atom. The van der Waals surface area contributed by atoms with Crippen molar-refractivity contribution in [2.24, 2.45) is 5.73 Å². The van der Waals surface area contributed by atoms with Gasteiger partial charge in [-0.25, -0.2) is 24.7 Å². The van der Waals surface area contributed by atoms with Gasteiger partial charge in [-0.2, -0.15) is 0 Å². The number of para-hydroxylation sites is 2. The minimum Gasteiger partial charge on any atom is -0.444 e. The van der Waals surface area contributed by atoms with E-state index >= 15 is 0 Å². The summed E-state index contributed by atoms with van der Waals surface area (Å²) >= 11 is 0. The summed E-state index contributed by atoms with van der Waals surface area (Å²) in [5, 5.41) is 10.3. The Hall–Kier alpha value is -10.2. The van der Waals surface area contributed by atoms with Gasteiger partial charge in [0.15, 0.2) is 11.6 Å². The topological polar surface area (TPSA) is 190 Å². The highest BCUT2D eigenvalue weighted by Crippen LogP contribution is 2.49. The van der Waals surface area contributed by atoms with E-state index in [9.17, 15) is 14.4 Å². The number of carbonyl (C=O) groups is 3. The number of aromatic nitrogens is 6. The van der Waals surface area contributed by atoms with Crippen LogP contribution in [-0.2, 0) is 25.4 Å². The molecule has 4 aromatic heterocycles. The van der Waals surface area contributed by atoms with Crippen LogP contribution in [0.4, 0.5) is 39.2 Å². The van der Waals surface area contributed by atoms with E-state index in [2.05, 4.69) is 140 Å². The Morgan fingerprint density at radius 1 is 0.516 bits per heavy atom. The molecular formula is C75H72N12O4. The smallest absolute Gasteiger partial charge is 0.408 e. The van der Waals surface area contributed by atoms with E-state index in [1.807, 2.05) is 91.4 Å². The van der Waals surface area contributed by atoms with Gasteiger partial charge in [0.25, 0.3) is 0 Å². The van der Waals surface area contributed by atoms with E-state index < -0.39 is 17.2 Å². The molecule has 456 valence electrons. The molecule has 2 aliphatic carbocycles. The van der Waals surface area contributed by atoms with Crippen LogP contribution in [0.3, 0.4) is 0 Å². The zero-order valence-electron chi connectivity index (χ0n) is 51.5. The number of imidazole rings is 2. The largest absolute Gasteiger partial charge is 0.444 e. The Kier molecular flexibility index (Phi) is 14.5. The maximum atomic E-state index is 12.9. The highest BCUT2D eigenvalue weighted by atomic mass is 16.6. The lowest BCUT2D eigenvalue weighted by atomic mass is 9.71. The van der Waals surface area contributed by atoms with E-state index in [1.54, 1.807) is 6.20 Å². The second-order valence-electron chi connectivity index (χ2n) is 25.8. The van der Waals surface area contributed by atoms with Gasteiger partial charge in [0.1, 0.15) is 17.2 Å². The number of anilines is 6. The summed E-state index contributed by atoms with van der Waals surface area (Å²) in [5.41, 5.74) is 22.8. The number of nitrogens with two attached hydrogens (primary N) is 1. The average molecular weight is 1210 g/mol. The van der Waals surface area contributed by atoms with Crippen molar-refractivity contribution in [3.05, 3.63) is 193 Å². The van der Waals surface area contributed by atoms with Crippen LogP contribution in [0.25, 0.3) is 79.2 Å². The van der Waals surface area contributed by atoms with Crippen LogP contribution < -0.4 is 31.5 Å². The maximum Gasteiger partial charge on any atom is 0.408 e. The van der Waals surface area contributed by atoms with Gasteiger partial charge in [-0.05, 0) is 169 Å². The van der Waals surface area contributed by atoms with E-state index in [4.69, 9.17) is 30.4 Å². The summed E-state index contributed by atoms with van der Waals surface area (Å²) in [6.45, 7) is 7.15. The van der Waals surface area contributed by atoms with Crippen molar-refractivity contribution in [1.29, 1.82) is 0 Å². The molecule has 6 aromatic carbocycles. The zero-order valence-corrected chi connectivity index (χ0v) is 51.5. The van der Waals surface area contributed by atoms with Gasteiger partial charge >= 0.3 is 6.09 Å². The molecule has 16 nitrogen and oxygen atoms in total. The number of hydrogen-bond donors (Lipinski definition) is 4. The Labute approximate surface area is 529 Å². The Balaban J connectivity index is 0.000000153. The molecule has 4 aliphatic heterocycles. The SMILES string of the molecule is CC(C)(C)OC(=O)NC1(c2ccc(-c3c(-c4ccc(N5CCCCC5=O)cc4)nc4n3-c3cccnc3Nc3ccccc3-4)cc2)CCC1.NC1(c2ccc(-c3c(-c4ccc(N5CCCCC5=O)cc4)nc4n3-c3cccnc3Nc3ccccc3-4)cc2)CCC1. The summed E-state index contributed by atoms with van der Waals surface area (Å²) in [6.07, 6.45) is 14.3. The van der Waals surface area contributed by atoms with Gasteiger partial charge < -0.3 is 36.2 Å². The highest BCUT2D eigenvalue weighted by Gasteiger charge is 2.42. The fourth-order valence-electron chi connectivity index (χ4n) is 13.8. The molecule has 8 heterocycles. The summed E-state index contributed by atoms with van der Waals surface area (Å²) in [5.74, 6) is 3.54. The number of pyridine rings is 2. The molecule has 16 heteroatoms. The Bertz CT molecular complexity index is 4440. The first kappa shape index (κ1) is 57.3. The first-order valence-corrected chi connectivity index (χ1v) is 32.0. The van der Waals surface area contributed by atoms with Crippen molar-refractivity contribution >= 4 is 52.3 Å². The van der Waals surface area contributed by atoms with Crippen LogP contribution in [0.2, 0.25) is 0 Å². The number of hydrogen-bond acceptors (Lipinski definition) is 11. The monoisotopic (exact) mass is 1200 g/mol. The second kappa shape index (κ2) is 23.0. The third kappa shape index (κ3) is 10.6. The van der Waals surface area contributed by atoms with Crippen LogP contribution in [0, 0.1) is 0 Å². The number of benzene rings is 6. The molecule has 91 heavy (non-hydrogen) atoms. The molecule has 0 atom stereocenters. The summed E-state index contributed by atoms with van der Waals surface area (Å²) < 4.78 is 10.1. The number of amides is 3. The molecule has 5 N–H and O–H groups in total. The third-order valence-corrected chi connectivity index (χ3v) is 18.8. The standard InChI is InChI=1S/C40H40N6O3.C35H32N6O/c1-39(2,3)49-38(48)44-40(22-9-23-40)28-18-14-27(15-19-28)35-34(26-16-20-29(21-17-26)45-25-7-6-13-33(45)47)43-37-30-10-4-5-11-31(30)42-36-32(46(35)37)12-8-24-41-36;36-35(19-6-20-35)25-15-11-24(12-16-25)32-31(23-13-17-26(18-14-23)40-22-4-3-10-30(40)42)39-34-27-7-1-2-8-28(27)38-33-29(41(32)34)9-5-21-37-33/h4-5,8,10-12,14-21,24H,6-7,9,13,22-23,25H2,1-3H3,(H,41,42)(H,44,48);1-2,5,7-9,11-18,21H,3-4,6,10,19-20,22,36H2,(H,37,38). The number of fused-ring (bicyclic) bond motifs is 10. The Morgan fingerprint density at radius 3 is 1.37 bits per heavy atom. The van der Waals surface area contributed by atoms with Crippen molar-refractivity contribution in [3.8, 4) is 79.2 Å². The van der Waals surface area contributed by atoms with Crippen molar-refractivity contribution in [3.63, 3.8) is 0 Å². The minimum atomic E-state index is -0.574. The predicted octanol–water partition coefficient (Wildman–Crippen LogP) is 15.9. The quantitative estimate of drug-likeness (QED) is 0.108. The molecule has 16 rings (SSSR count). The number of nitrogens with zero attached hydrogens (tertiary/aromatic N) is 8. The number of nitrogens with one attached hydrogen (secondary N) is 3. The van der Waals surface area contributed by atoms with Gasteiger partial charge in [0.05, 0.1) is 51.1 Å². The van der Waals surface area contributed by atoms with Crippen LogP contribution in [-0.4, -0.2) is 65.7 Å². The minimum absolute atomic E-state index is 0.173. The molecule has 6 aliphatic rings. The molecule has 0 unspecified atom stereocenters. The highest BCUT2D eigenvalue weighted by molar-refractivity contribution is 5.97. The van der Waals surface area contributed by atoms with Crippen LogP contribution in [0.1, 0.15) is 109 Å². The number of alkyl carbamates (subject to hydrolysis) is 1. The molecule has 10 aromatic rings. The lowest BCUT2D eigenvalue weighted by molar-refractivity contribution is -0.120. The maximum absolute atomic E-state index is 12.9. The normalized spacial score (nSPS) is 16.6. The molecule has 2 saturated carbocycles. The molecule has 0 radical (unpaired) electrons. The molecule has 3 amide bonds. The van der Waals surface area contributed by atoms with E-state index in [0.717, 1.165) is 190 Å². The molecule has 0 spiro atoms. The van der Waals surface area contributed by atoms with Crippen LogP contribution in [0.5, 0.6) is 0 Å². The molecule has 4 fully saturated rings. The molecular weight excluding hydrogens is 1130 g/mol. The van der Waals surface area contributed by atoms with E-state index in [0.29, 0.717) is 12.8 Å². The van der Waals surface area contributed by atoms with Crippen molar-refractivity contribution < 1.29 is 19.1 Å². The van der Waals surface area contributed by atoms with E-state index in [-0.39, 0.29) is 17.4 Å². The summed E-state index contributed by atoms with van der Waals surface area (Å²) in [4.78, 5) is 62.1. The van der Waals surface area contributed by atoms with E-state index in [1.165, 1.54) is 12.0 Å². The van der Waals surface area contributed by atoms with Crippen molar-refractivity contribution in [2.75, 3.05) is 33.5 Å². The van der Waals surface area contributed by atoms with Crippen LogP contribution >= 0.6 is 0 Å². The van der Waals surface area contributed by atoms with Gasteiger partial charge in [-0.3, -0.25) is 18.7 Å². The summed E-state index contributed by atoms with van der Waals surface area (Å²) in [7, 11) is 0. The number of piperidine rings is 2. The second-order valence-corrected chi connectivity index (χ2v) is 25.8. The predicted molar refractivity (Wildman–Crippen MR) is 359 cm³/mol. The molecule has 0 bridgehead atoms. The van der Waals surface area contributed by atoms with Gasteiger partial charge in [0, 0.05) is 88.6 Å². The fourth-order valence-corrected chi connectivity index (χ4v) is 13.8. The summed E-state index contributed by atoms with van der Waals surface area (Å²) in [6, 6.07) is 58.1. The lowest BCUT2D eigenvalue weighted by Gasteiger charge is -2.43. The number of carbonyl (C=O) groups excluding carboxylic acids is 3. The van der Waals surface area contributed by atoms with Gasteiger partial charge in [-0.1, -0.05) is 97.1 Å². The van der Waals surface area contributed by atoms with Crippen molar-refractivity contribution in [2.45, 2.75) is 114 Å².